The molecule has 1 aliphatic rings. The van der Waals surface area contributed by atoms with Crippen LogP contribution in [0.1, 0.15) is 52.4 Å². The van der Waals surface area contributed by atoms with E-state index in [4.69, 9.17) is 10.8 Å². The summed E-state index contributed by atoms with van der Waals surface area (Å²) in [5, 5.41) is 11.8. The Morgan fingerprint density at radius 3 is 2.45 bits per heavy atom. The molecule has 1 unspecified atom stereocenters. The normalized spacial score (nSPS) is 27.9. The van der Waals surface area contributed by atoms with Crippen molar-refractivity contribution in [1.29, 1.82) is 0 Å². The monoisotopic (exact) mass is 284 g/mol. The third-order valence-corrected chi connectivity index (χ3v) is 4.70. The summed E-state index contributed by atoms with van der Waals surface area (Å²) in [7, 11) is 0. The molecular formula is C15H28N2O3. The van der Waals surface area contributed by atoms with Crippen molar-refractivity contribution in [2.24, 2.45) is 23.0 Å². The first-order valence-corrected chi connectivity index (χ1v) is 7.63. The van der Waals surface area contributed by atoms with Gasteiger partial charge < -0.3 is 16.2 Å². The van der Waals surface area contributed by atoms with Crippen molar-refractivity contribution in [2.45, 2.75) is 52.4 Å². The van der Waals surface area contributed by atoms with E-state index in [0.717, 1.165) is 32.1 Å². The lowest BCUT2D eigenvalue weighted by Crippen LogP contribution is -2.49. The van der Waals surface area contributed by atoms with Crippen LogP contribution >= 0.6 is 0 Å². The van der Waals surface area contributed by atoms with Crippen LogP contribution in [-0.2, 0) is 9.59 Å². The summed E-state index contributed by atoms with van der Waals surface area (Å²) in [4.78, 5) is 23.2. The molecule has 116 valence electrons. The molecule has 1 aliphatic carbocycles. The first-order chi connectivity index (χ1) is 9.43. The number of hydrogen-bond acceptors (Lipinski definition) is 3. The molecule has 0 aromatic carbocycles. The zero-order valence-electron chi connectivity index (χ0n) is 12.7. The van der Waals surface area contributed by atoms with Gasteiger partial charge in [0.05, 0.1) is 5.41 Å². The van der Waals surface area contributed by atoms with Gasteiger partial charge in [-0.1, -0.05) is 20.3 Å². The van der Waals surface area contributed by atoms with E-state index in [2.05, 4.69) is 12.2 Å². The van der Waals surface area contributed by atoms with E-state index < -0.39 is 11.4 Å². The van der Waals surface area contributed by atoms with E-state index >= 15 is 0 Å². The smallest absolute Gasteiger partial charge is 0.303 e. The molecule has 20 heavy (non-hydrogen) atoms. The second kappa shape index (κ2) is 7.62. The molecule has 0 spiro atoms. The predicted molar refractivity (Wildman–Crippen MR) is 78.2 cm³/mol. The van der Waals surface area contributed by atoms with Crippen LogP contribution in [0.2, 0.25) is 0 Å². The lowest BCUT2D eigenvalue weighted by atomic mass is 9.70. The minimum absolute atomic E-state index is 0.00575. The maximum Gasteiger partial charge on any atom is 0.303 e. The summed E-state index contributed by atoms with van der Waals surface area (Å²) in [6, 6.07) is 0. The Morgan fingerprint density at radius 1 is 1.40 bits per heavy atom. The Balaban J connectivity index is 2.53. The lowest BCUT2D eigenvalue weighted by molar-refractivity contribution is -0.139. The molecule has 0 radical (unpaired) electrons. The van der Waals surface area contributed by atoms with Crippen LogP contribution in [0.3, 0.4) is 0 Å². The summed E-state index contributed by atoms with van der Waals surface area (Å²) >= 11 is 0. The van der Waals surface area contributed by atoms with Gasteiger partial charge in [0.1, 0.15) is 0 Å². The van der Waals surface area contributed by atoms with Crippen molar-refractivity contribution in [3.8, 4) is 0 Å². The van der Waals surface area contributed by atoms with E-state index in [1.54, 1.807) is 0 Å². The zero-order chi connectivity index (χ0) is 15.2. The van der Waals surface area contributed by atoms with Gasteiger partial charge in [0.25, 0.3) is 0 Å². The standard InChI is InChI=1S/C15H28N2O3/c1-3-12(8-13(18)19)9-17-14(20)15(10-16)6-4-11(2)5-7-15/h11-12H,3-10,16H2,1-2H3,(H,17,20)(H,18,19). The van der Waals surface area contributed by atoms with E-state index in [0.29, 0.717) is 19.0 Å². The second-order valence-corrected chi connectivity index (χ2v) is 6.25. The maximum absolute atomic E-state index is 12.4. The van der Waals surface area contributed by atoms with Gasteiger partial charge in [-0.15, -0.1) is 0 Å². The molecule has 1 amide bonds. The molecular weight excluding hydrogens is 256 g/mol. The van der Waals surface area contributed by atoms with Gasteiger partial charge in [-0.3, -0.25) is 9.59 Å². The van der Waals surface area contributed by atoms with Gasteiger partial charge in [-0.05, 0) is 37.5 Å². The van der Waals surface area contributed by atoms with Crippen LogP contribution in [0.4, 0.5) is 0 Å². The molecule has 0 aliphatic heterocycles. The number of rotatable bonds is 7. The number of carbonyl (C=O) groups is 2. The Kier molecular flexibility index (Phi) is 6.46. The van der Waals surface area contributed by atoms with Gasteiger partial charge in [0.15, 0.2) is 0 Å². The van der Waals surface area contributed by atoms with Crippen LogP contribution in [0, 0.1) is 17.3 Å². The lowest BCUT2D eigenvalue weighted by Gasteiger charge is -2.37. The molecule has 5 heteroatoms. The molecule has 0 aromatic rings. The molecule has 0 saturated heterocycles. The van der Waals surface area contributed by atoms with Crippen LogP contribution in [0.25, 0.3) is 0 Å². The van der Waals surface area contributed by atoms with Crippen LogP contribution < -0.4 is 11.1 Å². The summed E-state index contributed by atoms with van der Waals surface area (Å²) in [5.74, 6) is -0.145. The second-order valence-electron chi connectivity index (χ2n) is 6.25. The Hall–Kier alpha value is -1.10. The maximum atomic E-state index is 12.4. The molecule has 1 saturated carbocycles. The van der Waals surface area contributed by atoms with Crippen LogP contribution in [0.15, 0.2) is 0 Å². The fraction of sp³-hybridized carbons (Fsp3) is 0.867. The molecule has 1 atom stereocenters. The van der Waals surface area contributed by atoms with E-state index in [-0.39, 0.29) is 18.2 Å². The predicted octanol–water partition coefficient (Wildman–Crippen LogP) is 1.76. The molecule has 0 bridgehead atoms. The van der Waals surface area contributed by atoms with Gasteiger partial charge in [-0.2, -0.15) is 0 Å². The molecule has 4 N–H and O–H groups in total. The van der Waals surface area contributed by atoms with Gasteiger partial charge in [-0.25, -0.2) is 0 Å². The fourth-order valence-corrected chi connectivity index (χ4v) is 2.87. The first-order valence-electron chi connectivity index (χ1n) is 7.63. The Labute approximate surface area is 121 Å². The van der Waals surface area contributed by atoms with Crippen molar-refractivity contribution >= 4 is 11.9 Å². The number of carboxylic acids is 1. The number of carboxylic acid groups (broad SMARTS) is 1. The first kappa shape index (κ1) is 17.0. The number of hydrogen-bond donors (Lipinski definition) is 3. The zero-order valence-corrected chi connectivity index (χ0v) is 12.7. The van der Waals surface area contributed by atoms with E-state index in [1.165, 1.54) is 0 Å². The summed E-state index contributed by atoms with van der Waals surface area (Å²) in [6.07, 6.45) is 4.61. The third-order valence-electron chi connectivity index (χ3n) is 4.70. The van der Waals surface area contributed by atoms with Gasteiger partial charge in [0, 0.05) is 19.5 Å². The topological polar surface area (TPSA) is 92.4 Å². The molecule has 1 rings (SSSR count). The van der Waals surface area contributed by atoms with Crippen LogP contribution in [0.5, 0.6) is 0 Å². The highest BCUT2D eigenvalue weighted by Gasteiger charge is 2.39. The Morgan fingerprint density at radius 2 is 2.00 bits per heavy atom. The van der Waals surface area contributed by atoms with Crippen LogP contribution in [-0.4, -0.2) is 30.1 Å². The number of nitrogens with one attached hydrogen (secondary N) is 1. The largest absolute Gasteiger partial charge is 0.481 e. The van der Waals surface area contributed by atoms with Crippen molar-refractivity contribution in [2.75, 3.05) is 13.1 Å². The third kappa shape index (κ3) is 4.47. The van der Waals surface area contributed by atoms with E-state index in [1.807, 2.05) is 6.92 Å². The highest BCUT2D eigenvalue weighted by atomic mass is 16.4. The van der Waals surface area contributed by atoms with Crippen molar-refractivity contribution in [1.82, 2.24) is 5.32 Å². The fourth-order valence-electron chi connectivity index (χ4n) is 2.87. The van der Waals surface area contributed by atoms with Crippen molar-refractivity contribution < 1.29 is 14.7 Å². The number of aliphatic carboxylic acids is 1. The van der Waals surface area contributed by atoms with Gasteiger partial charge in [0.2, 0.25) is 5.91 Å². The quantitative estimate of drug-likeness (QED) is 0.664. The number of amides is 1. The SMILES string of the molecule is CCC(CNC(=O)C1(CN)CCC(C)CC1)CC(=O)O. The van der Waals surface area contributed by atoms with Crippen molar-refractivity contribution in [3.05, 3.63) is 0 Å². The molecule has 5 nitrogen and oxygen atoms in total. The average molecular weight is 284 g/mol. The minimum atomic E-state index is -0.814. The summed E-state index contributed by atoms with van der Waals surface area (Å²) in [5.41, 5.74) is 5.41. The highest BCUT2D eigenvalue weighted by Crippen LogP contribution is 2.38. The minimum Gasteiger partial charge on any atom is -0.481 e. The molecule has 0 heterocycles. The highest BCUT2D eigenvalue weighted by molar-refractivity contribution is 5.83. The number of nitrogens with two attached hydrogens (primary N) is 1. The summed E-state index contributed by atoms with van der Waals surface area (Å²) in [6.45, 7) is 4.96. The average Bonchev–Trinajstić information content (AvgIpc) is 2.44. The Bertz CT molecular complexity index is 336. The molecule has 0 aromatic heterocycles. The molecule has 1 fully saturated rings. The summed E-state index contributed by atoms with van der Waals surface area (Å²) < 4.78 is 0. The van der Waals surface area contributed by atoms with Gasteiger partial charge >= 0.3 is 5.97 Å². The van der Waals surface area contributed by atoms with Crippen molar-refractivity contribution in [3.63, 3.8) is 0 Å². The number of carbonyl (C=O) groups excluding carboxylic acids is 1. The van der Waals surface area contributed by atoms with E-state index in [9.17, 15) is 9.59 Å².